The summed E-state index contributed by atoms with van der Waals surface area (Å²) < 4.78 is 0. The molecule has 0 bridgehead atoms. The summed E-state index contributed by atoms with van der Waals surface area (Å²) in [5.41, 5.74) is 0. The lowest BCUT2D eigenvalue weighted by Gasteiger charge is -2.01. The van der Waals surface area contributed by atoms with E-state index in [1.165, 1.54) is 96.3 Å². The van der Waals surface area contributed by atoms with Gasteiger partial charge in [0.2, 0.25) is 0 Å². The number of allylic oxidation sites excluding steroid dienone is 2. The lowest BCUT2D eigenvalue weighted by molar-refractivity contribution is -0.137. The van der Waals surface area contributed by atoms with Crippen LogP contribution in [-0.2, 0) is 9.59 Å². The predicted octanol–water partition coefficient (Wildman–Crippen LogP) is 7.60. The second-order valence-corrected chi connectivity index (χ2v) is 8.16. The molecule has 0 aromatic carbocycles. The molecule has 0 heterocycles. The topological polar surface area (TPSA) is 86.6 Å². The highest BCUT2D eigenvalue weighted by Crippen LogP contribution is 2.12. The number of carbonyl (C=O) groups is 2. The summed E-state index contributed by atoms with van der Waals surface area (Å²) in [6, 6.07) is 0. The minimum Gasteiger partial charge on any atom is -0.481 e. The molecule has 186 valence electrons. The van der Waals surface area contributed by atoms with Gasteiger partial charge in [0.25, 0.3) is 5.97 Å². The Kier molecular flexibility index (Phi) is 36.8. The van der Waals surface area contributed by atoms with E-state index in [0.29, 0.717) is 6.42 Å². The molecule has 31 heavy (non-hydrogen) atoms. The molecule has 0 aliphatic heterocycles. The van der Waals surface area contributed by atoms with E-state index in [1.54, 1.807) is 0 Å². The zero-order valence-corrected chi connectivity index (χ0v) is 21.1. The number of carboxylic acid groups (broad SMARTS) is 2. The molecule has 0 unspecified atom stereocenters. The van der Waals surface area contributed by atoms with Gasteiger partial charge < -0.3 is 15.5 Å². The van der Waals surface area contributed by atoms with Crippen LogP contribution in [0.15, 0.2) is 12.2 Å². The molecule has 0 radical (unpaired) electrons. The average Bonchev–Trinajstić information content (AvgIpc) is 2.70. The van der Waals surface area contributed by atoms with Gasteiger partial charge in [-0.05, 0) is 46.2 Å². The highest BCUT2D eigenvalue weighted by atomic mass is 16.4. The predicted molar refractivity (Wildman–Crippen MR) is 134 cm³/mol. The monoisotopic (exact) mass is 443 g/mol. The fraction of sp³-hybridized carbons (Fsp3) is 0.846. The highest BCUT2D eigenvalue weighted by molar-refractivity contribution is 5.66. The van der Waals surface area contributed by atoms with Gasteiger partial charge >= 0.3 is 5.97 Å². The number of hydrogen-bond acceptors (Lipinski definition) is 3. The fourth-order valence-electron chi connectivity index (χ4n) is 3.05. The first-order valence-electron chi connectivity index (χ1n) is 12.6. The number of hydrogen-bond donors (Lipinski definition) is 3. The molecule has 5 nitrogen and oxygen atoms in total. The number of aliphatic carboxylic acids is 2. The summed E-state index contributed by atoms with van der Waals surface area (Å²) in [5.74, 6) is -1.49. The Balaban J connectivity index is -0.000000971. The smallest absolute Gasteiger partial charge is 0.303 e. The maximum atomic E-state index is 10.4. The third-order valence-electron chi connectivity index (χ3n) is 4.65. The van der Waals surface area contributed by atoms with Crippen LogP contribution in [0.5, 0.6) is 0 Å². The second-order valence-electron chi connectivity index (χ2n) is 8.16. The van der Waals surface area contributed by atoms with Crippen molar-refractivity contribution in [3.8, 4) is 0 Å². The van der Waals surface area contributed by atoms with Gasteiger partial charge in [0.1, 0.15) is 0 Å². The van der Waals surface area contributed by atoms with Crippen LogP contribution in [0.2, 0.25) is 0 Å². The second kappa shape index (κ2) is 33.3. The van der Waals surface area contributed by atoms with E-state index in [1.807, 2.05) is 14.1 Å². The molecule has 0 saturated carbocycles. The van der Waals surface area contributed by atoms with Crippen molar-refractivity contribution < 1.29 is 19.8 Å². The first-order valence-corrected chi connectivity index (χ1v) is 12.6. The van der Waals surface area contributed by atoms with Gasteiger partial charge in [-0.25, -0.2) is 0 Å². The SMILES string of the molecule is CC(=O)O.CCCCCCCC/C=C\CCCCCCCCCCCC(=O)O.CNC. The van der Waals surface area contributed by atoms with Gasteiger partial charge in [0.05, 0.1) is 0 Å². The maximum Gasteiger partial charge on any atom is 0.303 e. The Bertz CT molecular complexity index is 380. The molecule has 0 amide bonds. The van der Waals surface area contributed by atoms with E-state index in [0.717, 1.165) is 19.8 Å². The van der Waals surface area contributed by atoms with Gasteiger partial charge in [-0.15, -0.1) is 0 Å². The van der Waals surface area contributed by atoms with E-state index < -0.39 is 11.9 Å². The van der Waals surface area contributed by atoms with Crippen molar-refractivity contribution in [3.05, 3.63) is 12.2 Å². The van der Waals surface area contributed by atoms with E-state index in [-0.39, 0.29) is 0 Å². The number of unbranched alkanes of at least 4 members (excludes halogenated alkanes) is 15. The quantitative estimate of drug-likeness (QED) is 0.141. The van der Waals surface area contributed by atoms with Gasteiger partial charge in [0, 0.05) is 13.3 Å². The van der Waals surface area contributed by atoms with Crippen LogP contribution >= 0.6 is 0 Å². The van der Waals surface area contributed by atoms with Crippen molar-refractivity contribution in [2.24, 2.45) is 0 Å². The Morgan fingerprint density at radius 3 is 1.26 bits per heavy atom. The lowest BCUT2D eigenvalue weighted by atomic mass is 10.1. The summed E-state index contributed by atoms with van der Waals surface area (Å²) in [7, 11) is 3.75. The zero-order chi connectivity index (χ0) is 24.0. The van der Waals surface area contributed by atoms with Crippen molar-refractivity contribution in [2.75, 3.05) is 14.1 Å². The van der Waals surface area contributed by atoms with Crippen molar-refractivity contribution in [1.29, 1.82) is 0 Å². The Morgan fingerprint density at radius 1 is 0.645 bits per heavy atom. The lowest BCUT2D eigenvalue weighted by Crippen LogP contribution is -1.93. The molecular weight excluding hydrogens is 390 g/mol. The van der Waals surface area contributed by atoms with Crippen molar-refractivity contribution >= 4 is 11.9 Å². The van der Waals surface area contributed by atoms with Crippen LogP contribution in [0, 0.1) is 0 Å². The molecule has 0 aromatic rings. The van der Waals surface area contributed by atoms with Crippen molar-refractivity contribution in [2.45, 2.75) is 129 Å². The third-order valence-corrected chi connectivity index (χ3v) is 4.65. The first-order chi connectivity index (χ1) is 14.9. The van der Waals surface area contributed by atoms with Crippen molar-refractivity contribution in [1.82, 2.24) is 5.32 Å². The molecule has 0 aliphatic rings. The van der Waals surface area contributed by atoms with E-state index in [2.05, 4.69) is 24.4 Å². The molecule has 0 atom stereocenters. The third kappa shape index (κ3) is 52.7. The summed E-state index contributed by atoms with van der Waals surface area (Å²) >= 11 is 0. The van der Waals surface area contributed by atoms with Crippen molar-refractivity contribution in [3.63, 3.8) is 0 Å². The van der Waals surface area contributed by atoms with Gasteiger partial charge in [-0.1, -0.05) is 96.1 Å². The molecule has 0 aliphatic carbocycles. The normalized spacial score (nSPS) is 10.2. The number of carboxylic acids is 2. The van der Waals surface area contributed by atoms with E-state index >= 15 is 0 Å². The highest BCUT2D eigenvalue weighted by Gasteiger charge is 1.96. The molecule has 0 fully saturated rings. The summed E-state index contributed by atoms with van der Waals surface area (Å²) in [5, 5.41) is 18.7. The average molecular weight is 444 g/mol. The van der Waals surface area contributed by atoms with Crippen LogP contribution in [0.4, 0.5) is 0 Å². The molecular formula is C26H53NO4. The zero-order valence-electron chi connectivity index (χ0n) is 21.1. The molecule has 0 spiro atoms. The minimum atomic E-state index is -0.833. The van der Waals surface area contributed by atoms with Gasteiger partial charge in [-0.2, -0.15) is 0 Å². The van der Waals surface area contributed by atoms with Gasteiger partial charge in [-0.3, -0.25) is 9.59 Å². The van der Waals surface area contributed by atoms with Crippen LogP contribution in [0.25, 0.3) is 0 Å². The van der Waals surface area contributed by atoms with E-state index in [4.69, 9.17) is 15.0 Å². The summed E-state index contributed by atoms with van der Waals surface area (Å²) in [4.78, 5) is 19.4. The largest absolute Gasteiger partial charge is 0.481 e. The molecule has 0 rings (SSSR count). The number of nitrogens with one attached hydrogen (secondary N) is 1. The Hall–Kier alpha value is -1.36. The maximum absolute atomic E-state index is 10.4. The molecule has 5 heteroatoms. The molecule has 0 aromatic heterocycles. The van der Waals surface area contributed by atoms with Crippen LogP contribution < -0.4 is 5.32 Å². The fourth-order valence-corrected chi connectivity index (χ4v) is 3.05. The molecule has 0 saturated heterocycles. The number of rotatable bonds is 19. The Labute approximate surface area is 193 Å². The van der Waals surface area contributed by atoms with Crippen LogP contribution in [0.1, 0.15) is 129 Å². The Morgan fingerprint density at radius 2 is 0.935 bits per heavy atom. The molecule has 3 N–H and O–H groups in total. The minimum absolute atomic E-state index is 0.340. The summed E-state index contributed by atoms with van der Waals surface area (Å²) in [6.07, 6.45) is 27.1. The first kappa shape index (κ1) is 34.3. The van der Waals surface area contributed by atoms with E-state index in [9.17, 15) is 4.79 Å². The standard InChI is InChI=1S/C22H42O2.C2H7N.C2H4O2/c1-2-3-4-5-6-7-8-9-10-11-12-13-14-15-16-17-18-19-20-21-22(23)24;1-3-2;1-2(3)4/h9-10H,2-8,11-21H2,1H3,(H,23,24);3H,1-2H3;1H3,(H,3,4)/b10-9-;;. The van der Waals surface area contributed by atoms with Gasteiger partial charge in [0.15, 0.2) is 0 Å². The van der Waals surface area contributed by atoms with Crippen LogP contribution in [0.3, 0.4) is 0 Å². The van der Waals surface area contributed by atoms with Crippen LogP contribution in [-0.4, -0.2) is 36.2 Å². The summed E-state index contributed by atoms with van der Waals surface area (Å²) in [6.45, 7) is 3.36.